The quantitative estimate of drug-likeness (QED) is 0.943. The maximum absolute atomic E-state index is 12.4. The first kappa shape index (κ1) is 14.0. The highest BCUT2D eigenvalue weighted by atomic mass is 32.1. The Labute approximate surface area is 128 Å². The molecule has 21 heavy (non-hydrogen) atoms. The van der Waals surface area contributed by atoms with Crippen molar-refractivity contribution < 1.29 is 9.59 Å². The Morgan fingerprint density at radius 3 is 2.95 bits per heavy atom. The van der Waals surface area contributed by atoms with Crippen LogP contribution in [0.5, 0.6) is 0 Å². The van der Waals surface area contributed by atoms with Gasteiger partial charge in [0.05, 0.1) is 5.92 Å². The van der Waals surface area contributed by atoms with E-state index in [1.54, 1.807) is 11.3 Å². The fourth-order valence-corrected chi connectivity index (χ4v) is 3.60. The van der Waals surface area contributed by atoms with Crippen molar-refractivity contribution in [1.29, 1.82) is 0 Å². The number of hydrogen-bond donors (Lipinski definition) is 1. The van der Waals surface area contributed by atoms with E-state index in [-0.39, 0.29) is 17.6 Å². The zero-order chi connectivity index (χ0) is 14.8. The fraction of sp³-hybridized carbons (Fsp3) is 0.294. The summed E-state index contributed by atoms with van der Waals surface area (Å²) in [7, 11) is 0. The number of Topliss-reactive ketones (excluding diaryl/α,β-unsaturated/α-hetero) is 1. The number of ketones is 1. The monoisotopic (exact) mass is 299 g/mol. The van der Waals surface area contributed by atoms with Gasteiger partial charge < -0.3 is 5.32 Å². The van der Waals surface area contributed by atoms with Gasteiger partial charge >= 0.3 is 0 Å². The second kappa shape index (κ2) is 5.82. The van der Waals surface area contributed by atoms with Crippen LogP contribution < -0.4 is 5.32 Å². The van der Waals surface area contributed by atoms with Crippen LogP contribution in [0.25, 0.3) is 0 Å². The van der Waals surface area contributed by atoms with E-state index in [4.69, 9.17) is 0 Å². The molecule has 1 atom stereocenters. The molecule has 1 aromatic carbocycles. The van der Waals surface area contributed by atoms with E-state index >= 15 is 0 Å². The van der Waals surface area contributed by atoms with Crippen molar-refractivity contribution in [2.24, 2.45) is 0 Å². The lowest BCUT2D eigenvalue weighted by Gasteiger charge is -2.13. The van der Waals surface area contributed by atoms with Crippen molar-refractivity contribution in [3.63, 3.8) is 0 Å². The van der Waals surface area contributed by atoms with Crippen LogP contribution >= 0.6 is 11.3 Å². The molecular weight excluding hydrogens is 282 g/mol. The molecule has 1 aromatic heterocycles. The molecule has 0 radical (unpaired) electrons. The molecule has 1 heterocycles. The minimum Gasteiger partial charge on any atom is -0.355 e. The summed E-state index contributed by atoms with van der Waals surface area (Å²) in [5, 5.41) is 5.00. The van der Waals surface area contributed by atoms with Gasteiger partial charge in [-0.3, -0.25) is 9.59 Å². The molecule has 0 aliphatic heterocycles. The van der Waals surface area contributed by atoms with Gasteiger partial charge in [0.1, 0.15) is 0 Å². The van der Waals surface area contributed by atoms with Crippen LogP contribution in [0.2, 0.25) is 0 Å². The molecule has 1 aliphatic rings. The number of thiophene rings is 1. The highest BCUT2D eigenvalue weighted by molar-refractivity contribution is 7.09. The minimum atomic E-state index is -0.322. The standard InChI is InChI=1S/C17H17NO2S/c1-11-4-2-6-13-15(19)10-14(16(11)13)17(20)18-8-7-12-5-3-9-21-12/h2-6,9,14H,7-8,10H2,1H3,(H,18,20). The minimum absolute atomic E-state index is 0.0343. The van der Waals surface area contributed by atoms with Crippen molar-refractivity contribution in [2.45, 2.75) is 25.7 Å². The van der Waals surface area contributed by atoms with Gasteiger partial charge in [-0.25, -0.2) is 0 Å². The Bertz CT molecular complexity index is 676. The number of fused-ring (bicyclic) bond motifs is 1. The van der Waals surface area contributed by atoms with Gasteiger partial charge in [-0.15, -0.1) is 11.3 Å². The molecule has 1 N–H and O–H groups in total. The first-order valence-electron chi connectivity index (χ1n) is 7.09. The van der Waals surface area contributed by atoms with E-state index in [2.05, 4.69) is 11.4 Å². The Balaban J connectivity index is 1.68. The molecule has 3 rings (SSSR count). The van der Waals surface area contributed by atoms with Gasteiger partial charge in [-0.05, 0) is 35.9 Å². The molecule has 2 aromatic rings. The van der Waals surface area contributed by atoms with Crippen LogP contribution in [-0.2, 0) is 11.2 Å². The Kier molecular flexibility index (Phi) is 3.88. The number of rotatable bonds is 4. The largest absolute Gasteiger partial charge is 0.355 e. The number of nitrogens with one attached hydrogen (secondary N) is 1. The zero-order valence-electron chi connectivity index (χ0n) is 11.9. The third kappa shape index (κ3) is 2.76. The first-order chi connectivity index (χ1) is 10.2. The molecule has 108 valence electrons. The summed E-state index contributed by atoms with van der Waals surface area (Å²) in [5.74, 6) is -0.280. The number of hydrogen-bond acceptors (Lipinski definition) is 3. The van der Waals surface area contributed by atoms with Crippen LogP contribution in [-0.4, -0.2) is 18.2 Å². The topological polar surface area (TPSA) is 46.2 Å². The molecular formula is C17H17NO2S. The first-order valence-corrected chi connectivity index (χ1v) is 7.97. The lowest BCUT2D eigenvalue weighted by Crippen LogP contribution is -2.30. The van der Waals surface area contributed by atoms with Crippen molar-refractivity contribution in [3.05, 3.63) is 57.3 Å². The summed E-state index contributed by atoms with van der Waals surface area (Å²) in [6.45, 7) is 2.58. The number of amides is 1. The van der Waals surface area contributed by atoms with E-state index in [1.807, 2.05) is 36.6 Å². The van der Waals surface area contributed by atoms with Crippen LogP contribution in [0.3, 0.4) is 0 Å². The predicted molar refractivity (Wildman–Crippen MR) is 83.9 cm³/mol. The molecule has 1 amide bonds. The van der Waals surface area contributed by atoms with Crippen LogP contribution in [0.15, 0.2) is 35.7 Å². The summed E-state index contributed by atoms with van der Waals surface area (Å²) in [6, 6.07) is 9.74. The third-order valence-corrected chi connectivity index (χ3v) is 4.87. The number of carbonyl (C=O) groups is 2. The third-order valence-electron chi connectivity index (χ3n) is 3.93. The fourth-order valence-electron chi connectivity index (χ4n) is 2.89. The van der Waals surface area contributed by atoms with Gasteiger partial charge in [0.15, 0.2) is 5.78 Å². The second-order valence-corrected chi connectivity index (χ2v) is 6.37. The van der Waals surface area contributed by atoms with E-state index < -0.39 is 0 Å². The number of benzene rings is 1. The molecule has 1 aliphatic carbocycles. The number of aryl methyl sites for hydroxylation is 1. The molecule has 0 saturated carbocycles. The van der Waals surface area contributed by atoms with Gasteiger partial charge in [-0.2, -0.15) is 0 Å². The van der Waals surface area contributed by atoms with E-state index in [0.29, 0.717) is 18.5 Å². The maximum Gasteiger partial charge on any atom is 0.228 e. The van der Waals surface area contributed by atoms with E-state index in [9.17, 15) is 9.59 Å². The van der Waals surface area contributed by atoms with Gasteiger partial charge in [0.25, 0.3) is 0 Å². The SMILES string of the molecule is Cc1cccc2c1C(C(=O)NCCc1cccs1)CC2=O. The summed E-state index contributed by atoms with van der Waals surface area (Å²) in [6.07, 6.45) is 1.13. The molecule has 1 unspecified atom stereocenters. The Morgan fingerprint density at radius 2 is 2.19 bits per heavy atom. The molecule has 3 nitrogen and oxygen atoms in total. The molecule has 4 heteroatoms. The smallest absolute Gasteiger partial charge is 0.228 e. The number of carbonyl (C=O) groups excluding carboxylic acids is 2. The normalized spacial score (nSPS) is 16.8. The maximum atomic E-state index is 12.4. The van der Waals surface area contributed by atoms with Crippen LogP contribution in [0.1, 0.15) is 38.7 Å². The lowest BCUT2D eigenvalue weighted by atomic mass is 9.96. The molecule has 0 saturated heterocycles. The van der Waals surface area contributed by atoms with Crippen molar-refractivity contribution in [2.75, 3.05) is 6.54 Å². The van der Waals surface area contributed by atoms with Gasteiger partial charge in [0.2, 0.25) is 5.91 Å². The van der Waals surface area contributed by atoms with E-state index in [1.165, 1.54) is 4.88 Å². The van der Waals surface area contributed by atoms with Crippen molar-refractivity contribution >= 4 is 23.0 Å². The predicted octanol–water partition coefficient (Wildman–Crippen LogP) is 3.09. The van der Waals surface area contributed by atoms with Crippen LogP contribution in [0, 0.1) is 6.92 Å². The second-order valence-electron chi connectivity index (χ2n) is 5.34. The highest BCUT2D eigenvalue weighted by Gasteiger charge is 2.35. The zero-order valence-corrected chi connectivity index (χ0v) is 12.7. The summed E-state index contributed by atoms with van der Waals surface area (Å²) in [5.41, 5.74) is 2.65. The lowest BCUT2D eigenvalue weighted by molar-refractivity contribution is -0.122. The summed E-state index contributed by atoms with van der Waals surface area (Å²) < 4.78 is 0. The molecule has 0 bridgehead atoms. The average molecular weight is 299 g/mol. The highest BCUT2D eigenvalue weighted by Crippen LogP contribution is 2.35. The van der Waals surface area contributed by atoms with E-state index in [0.717, 1.165) is 17.5 Å². The summed E-state index contributed by atoms with van der Waals surface area (Å²) in [4.78, 5) is 25.6. The molecule has 0 spiro atoms. The Morgan fingerprint density at radius 1 is 1.33 bits per heavy atom. The molecule has 0 fully saturated rings. The van der Waals surface area contributed by atoms with Crippen LogP contribution in [0.4, 0.5) is 0 Å². The van der Waals surface area contributed by atoms with Gasteiger partial charge in [-0.1, -0.05) is 24.3 Å². The van der Waals surface area contributed by atoms with Crippen molar-refractivity contribution in [3.8, 4) is 0 Å². The Hall–Kier alpha value is -1.94. The van der Waals surface area contributed by atoms with Gasteiger partial charge in [0, 0.05) is 23.4 Å². The average Bonchev–Trinajstić information content (AvgIpc) is 3.08. The van der Waals surface area contributed by atoms with Crippen molar-refractivity contribution in [1.82, 2.24) is 5.32 Å². The summed E-state index contributed by atoms with van der Waals surface area (Å²) >= 11 is 1.69.